The minimum Gasteiger partial charge on any atom is -0.342 e. The first-order chi connectivity index (χ1) is 13.6. The summed E-state index contributed by atoms with van der Waals surface area (Å²) < 4.78 is 65.0. The highest BCUT2D eigenvalue weighted by molar-refractivity contribution is 7.89. The fraction of sp³-hybridized carbons (Fsp3) is 0.632. The van der Waals surface area contributed by atoms with Gasteiger partial charge < -0.3 is 10.2 Å². The van der Waals surface area contributed by atoms with Gasteiger partial charge in [0, 0.05) is 25.7 Å². The van der Waals surface area contributed by atoms with Gasteiger partial charge >= 0.3 is 6.18 Å². The number of carbonyl (C=O) groups is 1. The van der Waals surface area contributed by atoms with E-state index in [0.29, 0.717) is 6.54 Å². The van der Waals surface area contributed by atoms with Crippen LogP contribution >= 0.6 is 0 Å². The van der Waals surface area contributed by atoms with E-state index in [1.807, 2.05) is 4.90 Å². The molecule has 1 saturated carbocycles. The maximum Gasteiger partial charge on any atom is 0.416 e. The highest BCUT2D eigenvalue weighted by Crippen LogP contribution is 2.30. The van der Waals surface area contributed by atoms with Gasteiger partial charge in [0.05, 0.1) is 17.0 Å². The predicted octanol–water partition coefficient (Wildman–Crippen LogP) is 2.36. The first-order valence-corrected chi connectivity index (χ1v) is 11.3. The number of hydrogen-bond donors (Lipinski definition) is 2. The van der Waals surface area contributed by atoms with Crippen molar-refractivity contribution in [3.63, 3.8) is 0 Å². The van der Waals surface area contributed by atoms with Crippen molar-refractivity contribution in [3.8, 4) is 0 Å². The van der Waals surface area contributed by atoms with Crippen molar-refractivity contribution in [2.75, 3.05) is 26.2 Å². The van der Waals surface area contributed by atoms with Crippen LogP contribution < -0.4 is 10.0 Å². The van der Waals surface area contributed by atoms with Gasteiger partial charge in [-0.25, -0.2) is 13.1 Å². The number of halogens is 3. The summed E-state index contributed by atoms with van der Waals surface area (Å²) in [6.45, 7) is 2.16. The molecule has 2 N–H and O–H groups in total. The van der Waals surface area contributed by atoms with Crippen molar-refractivity contribution in [1.82, 2.24) is 14.9 Å². The van der Waals surface area contributed by atoms with Crippen molar-refractivity contribution in [2.45, 2.75) is 49.2 Å². The van der Waals surface area contributed by atoms with Gasteiger partial charge in [0.1, 0.15) is 0 Å². The number of likely N-dealkylation sites (tertiary alicyclic amines) is 1. The molecule has 1 aromatic carbocycles. The van der Waals surface area contributed by atoms with Gasteiger partial charge in [-0.15, -0.1) is 0 Å². The molecule has 1 aromatic rings. The summed E-state index contributed by atoms with van der Waals surface area (Å²) in [5.41, 5.74) is -0.885. The van der Waals surface area contributed by atoms with Crippen LogP contribution in [-0.4, -0.2) is 51.4 Å². The van der Waals surface area contributed by atoms with Crippen LogP contribution in [0.15, 0.2) is 29.2 Å². The number of amides is 1. The van der Waals surface area contributed by atoms with Gasteiger partial charge in [-0.2, -0.15) is 13.2 Å². The summed E-state index contributed by atoms with van der Waals surface area (Å²) in [5, 5.41) is 3.26. The second kappa shape index (κ2) is 9.01. The first kappa shape index (κ1) is 22.0. The molecule has 0 unspecified atom stereocenters. The molecule has 162 valence electrons. The predicted molar refractivity (Wildman–Crippen MR) is 102 cm³/mol. The SMILES string of the molecule is O=C(CN[C@H]1CC[C@@H](CNS(=O)(=O)c2ccc(C(F)(F)F)cc2)C1)N1CCCC1. The molecule has 0 radical (unpaired) electrons. The van der Waals surface area contributed by atoms with E-state index in [1.54, 1.807) is 0 Å². The quantitative estimate of drug-likeness (QED) is 0.692. The molecule has 29 heavy (non-hydrogen) atoms. The Kier molecular flexibility index (Phi) is 6.85. The van der Waals surface area contributed by atoms with E-state index >= 15 is 0 Å². The number of alkyl halides is 3. The molecule has 1 heterocycles. The Hall–Kier alpha value is -1.65. The smallest absolute Gasteiger partial charge is 0.342 e. The van der Waals surface area contributed by atoms with Crippen LogP contribution in [0, 0.1) is 5.92 Å². The Balaban J connectivity index is 1.44. The molecule has 1 amide bonds. The van der Waals surface area contributed by atoms with E-state index in [4.69, 9.17) is 0 Å². The Bertz CT molecular complexity index is 806. The summed E-state index contributed by atoms with van der Waals surface area (Å²) in [7, 11) is -3.86. The largest absolute Gasteiger partial charge is 0.416 e. The van der Waals surface area contributed by atoms with Gasteiger partial charge in [-0.1, -0.05) is 0 Å². The van der Waals surface area contributed by atoms with Crippen LogP contribution in [0.3, 0.4) is 0 Å². The summed E-state index contributed by atoms with van der Waals surface area (Å²) >= 11 is 0. The molecule has 1 aliphatic carbocycles. The van der Waals surface area contributed by atoms with Crippen LogP contribution in [0.2, 0.25) is 0 Å². The molecule has 2 aliphatic rings. The number of hydrogen-bond acceptors (Lipinski definition) is 4. The minimum absolute atomic E-state index is 0.106. The third-order valence-electron chi connectivity index (χ3n) is 5.60. The molecule has 0 bridgehead atoms. The zero-order chi connectivity index (χ0) is 21.1. The van der Waals surface area contributed by atoms with E-state index in [9.17, 15) is 26.4 Å². The molecular weight excluding hydrogens is 407 g/mol. The number of nitrogens with one attached hydrogen (secondary N) is 2. The fourth-order valence-electron chi connectivity index (χ4n) is 3.89. The molecule has 1 saturated heterocycles. The van der Waals surface area contributed by atoms with Crippen LogP contribution in [-0.2, 0) is 21.0 Å². The topological polar surface area (TPSA) is 78.5 Å². The lowest BCUT2D eigenvalue weighted by atomic mass is 10.1. The van der Waals surface area contributed by atoms with Crippen LogP contribution in [0.5, 0.6) is 0 Å². The number of carbonyl (C=O) groups excluding carboxylic acids is 1. The number of nitrogens with zero attached hydrogens (tertiary/aromatic N) is 1. The average Bonchev–Trinajstić information content (AvgIpc) is 3.36. The Morgan fingerprint density at radius 3 is 2.38 bits per heavy atom. The zero-order valence-electron chi connectivity index (χ0n) is 16.0. The first-order valence-electron chi connectivity index (χ1n) is 9.83. The van der Waals surface area contributed by atoms with E-state index in [-0.39, 0.29) is 29.3 Å². The second-order valence-electron chi connectivity index (χ2n) is 7.72. The standard InChI is InChI=1S/C19H26F3N3O3S/c20-19(21,22)15-4-7-17(8-5-15)29(27,28)24-12-14-3-6-16(11-14)23-13-18(26)25-9-1-2-10-25/h4-5,7-8,14,16,23-24H,1-3,6,9-13H2/t14-,16+/m1/s1. The van der Waals surface area contributed by atoms with E-state index < -0.39 is 21.8 Å². The Labute approximate surface area is 168 Å². The van der Waals surface area contributed by atoms with Crippen molar-refractivity contribution in [3.05, 3.63) is 29.8 Å². The summed E-state index contributed by atoms with van der Waals surface area (Å²) in [5.74, 6) is 0.229. The Morgan fingerprint density at radius 2 is 1.76 bits per heavy atom. The number of sulfonamides is 1. The van der Waals surface area contributed by atoms with Crippen LogP contribution in [0.4, 0.5) is 13.2 Å². The average molecular weight is 433 g/mol. The van der Waals surface area contributed by atoms with Crippen LogP contribution in [0.1, 0.15) is 37.7 Å². The lowest BCUT2D eigenvalue weighted by Gasteiger charge is -2.18. The van der Waals surface area contributed by atoms with Gasteiger partial charge in [0.15, 0.2) is 0 Å². The van der Waals surface area contributed by atoms with E-state index in [1.165, 1.54) is 0 Å². The zero-order valence-corrected chi connectivity index (χ0v) is 16.9. The highest BCUT2D eigenvalue weighted by Gasteiger charge is 2.31. The number of benzene rings is 1. The van der Waals surface area contributed by atoms with Crippen molar-refractivity contribution >= 4 is 15.9 Å². The maximum absolute atomic E-state index is 12.6. The second-order valence-corrected chi connectivity index (χ2v) is 9.49. The Morgan fingerprint density at radius 1 is 1.10 bits per heavy atom. The maximum atomic E-state index is 12.6. The third kappa shape index (κ3) is 5.93. The summed E-state index contributed by atoms with van der Waals surface area (Å²) in [6, 6.07) is 3.63. The van der Waals surface area contributed by atoms with E-state index in [2.05, 4.69) is 10.0 Å². The molecule has 0 spiro atoms. The monoisotopic (exact) mass is 433 g/mol. The highest BCUT2D eigenvalue weighted by atomic mass is 32.2. The molecule has 2 fully saturated rings. The van der Waals surface area contributed by atoms with Gasteiger partial charge in [0.2, 0.25) is 15.9 Å². The minimum atomic E-state index is -4.50. The molecule has 0 aromatic heterocycles. The van der Waals surface area contributed by atoms with Gasteiger partial charge in [-0.05, 0) is 62.3 Å². The third-order valence-corrected chi connectivity index (χ3v) is 7.04. The molecule has 6 nitrogen and oxygen atoms in total. The molecule has 2 atom stereocenters. The summed E-state index contributed by atoms with van der Waals surface area (Å²) in [6.07, 6.45) is 0.0399. The summed E-state index contributed by atoms with van der Waals surface area (Å²) in [4.78, 5) is 13.8. The van der Waals surface area contributed by atoms with Gasteiger partial charge in [-0.3, -0.25) is 4.79 Å². The lowest BCUT2D eigenvalue weighted by molar-refractivity contribution is -0.137. The van der Waals surface area contributed by atoms with E-state index in [0.717, 1.165) is 69.5 Å². The van der Waals surface area contributed by atoms with Crippen LogP contribution in [0.25, 0.3) is 0 Å². The fourth-order valence-corrected chi connectivity index (χ4v) is 5.01. The lowest BCUT2D eigenvalue weighted by Crippen LogP contribution is -2.40. The van der Waals surface area contributed by atoms with Gasteiger partial charge in [0.25, 0.3) is 0 Å². The molecule has 1 aliphatic heterocycles. The molecular formula is C19H26F3N3O3S. The van der Waals surface area contributed by atoms with Crippen molar-refractivity contribution < 1.29 is 26.4 Å². The molecule has 3 rings (SSSR count). The molecule has 10 heteroatoms. The van der Waals surface area contributed by atoms with Crippen molar-refractivity contribution in [2.24, 2.45) is 5.92 Å². The number of rotatable bonds is 7. The normalized spacial score (nSPS) is 22.9. The van der Waals surface area contributed by atoms with Crippen molar-refractivity contribution in [1.29, 1.82) is 0 Å².